The molecule has 258 valence electrons. The van der Waals surface area contributed by atoms with Gasteiger partial charge in [-0.05, 0) is 65.6 Å². The Labute approximate surface area is 289 Å². The number of urea groups is 1. The van der Waals surface area contributed by atoms with Gasteiger partial charge in [-0.15, -0.1) is 12.4 Å². The maximum atomic E-state index is 13.0. The van der Waals surface area contributed by atoms with Gasteiger partial charge in [0.15, 0.2) is 5.69 Å². The number of nitrogens with one attached hydrogen (secondary N) is 1. The molecule has 4 aromatic rings. The molecular formula is C34H39ClN8O6. The summed E-state index contributed by atoms with van der Waals surface area (Å²) in [7, 11) is 3.57. The van der Waals surface area contributed by atoms with Crippen LogP contribution in [-0.4, -0.2) is 85.6 Å². The van der Waals surface area contributed by atoms with Crippen LogP contribution in [0.5, 0.6) is 0 Å². The molecule has 1 aliphatic heterocycles. The molecule has 3 amide bonds. The lowest BCUT2D eigenvalue weighted by Crippen LogP contribution is -2.42. The second kappa shape index (κ2) is 15.7. The Balaban J connectivity index is 0.000000255. The molecular weight excluding hydrogens is 652 g/mol. The number of fused-ring (bicyclic) bond motifs is 3. The summed E-state index contributed by atoms with van der Waals surface area (Å²) in [6, 6.07) is 10.8. The SMILES string of the molecule is C=CCOC(=O)c1ccc2c(c1C)CC[C@@H]2NC(=O)c1cc(C(=O)O)nc2ncnn12.CN(C)C(=O)N1CCc2ccc(CN)cc2C1.Cl. The number of esters is 1. The van der Waals surface area contributed by atoms with E-state index in [1.165, 1.54) is 34.1 Å². The molecule has 0 saturated heterocycles. The van der Waals surface area contributed by atoms with Crippen molar-refractivity contribution in [1.82, 2.24) is 34.7 Å². The Morgan fingerprint density at radius 1 is 1.14 bits per heavy atom. The molecule has 15 heteroatoms. The van der Waals surface area contributed by atoms with Crippen LogP contribution < -0.4 is 11.1 Å². The highest BCUT2D eigenvalue weighted by Crippen LogP contribution is 2.35. The van der Waals surface area contributed by atoms with Gasteiger partial charge >= 0.3 is 18.0 Å². The van der Waals surface area contributed by atoms with Crippen molar-refractivity contribution < 1.29 is 29.0 Å². The number of carbonyl (C=O) groups is 4. The molecule has 0 spiro atoms. The van der Waals surface area contributed by atoms with E-state index in [0.29, 0.717) is 31.5 Å². The van der Waals surface area contributed by atoms with Crippen LogP contribution in [-0.2, 0) is 30.7 Å². The molecule has 1 atom stereocenters. The first-order chi connectivity index (χ1) is 23.0. The van der Waals surface area contributed by atoms with Crippen LogP contribution in [0.25, 0.3) is 5.78 Å². The van der Waals surface area contributed by atoms with Crippen molar-refractivity contribution in [3.63, 3.8) is 0 Å². The maximum absolute atomic E-state index is 13.0. The number of carboxylic acid groups (broad SMARTS) is 1. The fraction of sp³-hybridized carbons (Fsp3) is 0.324. The fourth-order valence-corrected chi connectivity index (χ4v) is 5.96. The Hall–Kier alpha value is -5.34. The predicted molar refractivity (Wildman–Crippen MR) is 183 cm³/mol. The average molecular weight is 691 g/mol. The maximum Gasteiger partial charge on any atom is 0.354 e. The molecule has 4 N–H and O–H groups in total. The Bertz CT molecular complexity index is 1910. The van der Waals surface area contributed by atoms with Crippen molar-refractivity contribution in [3.8, 4) is 0 Å². The summed E-state index contributed by atoms with van der Waals surface area (Å²) in [6.45, 7) is 7.57. The number of ether oxygens (including phenoxy) is 1. The van der Waals surface area contributed by atoms with Gasteiger partial charge in [0.2, 0.25) is 0 Å². The third kappa shape index (κ3) is 7.87. The minimum atomic E-state index is -1.27. The molecule has 0 bridgehead atoms. The summed E-state index contributed by atoms with van der Waals surface area (Å²) < 4.78 is 6.33. The lowest BCUT2D eigenvalue weighted by molar-refractivity contribution is 0.0547. The molecule has 0 fully saturated rings. The van der Waals surface area contributed by atoms with Gasteiger partial charge in [0.1, 0.15) is 18.6 Å². The number of aromatic nitrogens is 4. The minimum Gasteiger partial charge on any atom is -0.477 e. The van der Waals surface area contributed by atoms with Crippen LogP contribution in [0.4, 0.5) is 4.79 Å². The van der Waals surface area contributed by atoms with E-state index < -0.39 is 17.8 Å². The van der Waals surface area contributed by atoms with E-state index in [1.54, 1.807) is 25.1 Å². The van der Waals surface area contributed by atoms with E-state index >= 15 is 0 Å². The van der Waals surface area contributed by atoms with Gasteiger partial charge in [-0.2, -0.15) is 14.6 Å². The van der Waals surface area contributed by atoms with E-state index in [0.717, 1.165) is 35.2 Å². The number of nitrogens with zero attached hydrogens (tertiary/aromatic N) is 6. The summed E-state index contributed by atoms with van der Waals surface area (Å²) in [5.41, 5.74) is 12.3. The highest BCUT2D eigenvalue weighted by atomic mass is 35.5. The standard InChI is InChI=1S/C21H19N5O5.C13H19N3O.ClH/c1-3-8-31-20(30)13-4-5-14-12(11(13)2)6-7-15(14)24-18(27)17-9-16(19(28)29)25-21-22-10-23-26(17)21;1-15(2)13(17)16-6-5-11-4-3-10(8-14)7-12(11)9-16;/h3-5,9-10,15H,1,6-8H2,2H3,(H,24,27)(H,28,29);3-4,7H,5-6,8-9,14H2,1-2H3;1H/t15-;;/m0../s1. The minimum absolute atomic E-state index is 0. The van der Waals surface area contributed by atoms with Gasteiger partial charge in [-0.1, -0.05) is 36.9 Å². The topological polar surface area (TPSA) is 185 Å². The number of benzene rings is 2. The zero-order valence-electron chi connectivity index (χ0n) is 27.5. The Morgan fingerprint density at radius 3 is 2.61 bits per heavy atom. The molecule has 2 aromatic heterocycles. The number of hydrogen-bond donors (Lipinski definition) is 3. The quantitative estimate of drug-likeness (QED) is 0.191. The van der Waals surface area contributed by atoms with E-state index in [2.05, 4.69) is 45.2 Å². The van der Waals surface area contributed by atoms with Crippen molar-refractivity contribution in [3.05, 3.63) is 106 Å². The van der Waals surface area contributed by atoms with Gasteiger partial charge in [-0.3, -0.25) is 4.79 Å². The molecule has 0 unspecified atom stereocenters. The Morgan fingerprint density at radius 2 is 1.92 bits per heavy atom. The van der Waals surface area contributed by atoms with Crippen molar-refractivity contribution >= 4 is 42.1 Å². The van der Waals surface area contributed by atoms with Crippen LogP contribution in [0, 0.1) is 6.92 Å². The van der Waals surface area contributed by atoms with E-state index in [9.17, 15) is 24.3 Å². The third-order valence-corrected chi connectivity index (χ3v) is 8.43. The van der Waals surface area contributed by atoms with Gasteiger partial charge in [0.05, 0.1) is 11.6 Å². The van der Waals surface area contributed by atoms with Crippen molar-refractivity contribution in [2.75, 3.05) is 27.2 Å². The van der Waals surface area contributed by atoms with E-state index in [-0.39, 0.29) is 48.3 Å². The molecule has 14 nitrogen and oxygen atoms in total. The Kier molecular flexibility index (Phi) is 11.7. The van der Waals surface area contributed by atoms with Crippen LogP contribution in [0.1, 0.15) is 77.2 Å². The first-order valence-corrected chi connectivity index (χ1v) is 15.4. The lowest BCUT2D eigenvalue weighted by atomic mass is 9.97. The number of hydrogen-bond acceptors (Lipinski definition) is 9. The van der Waals surface area contributed by atoms with Crippen LogP contribution in [0.15, 0.2) is 55.4 Å². The molecule has 3 heterocycles. The molecule has 1 aliphatic carbocycles. The summed E-state index contributed by atoms with van der Waals surface area (Å²) in [4.78, 5) is 59.7. The van der Waals surface area contributed by atoms with E-state index in [4.69, 9.17) is 10.5 Å². The summed E-state index contributed by atoms with van der Waals surface area (Å²) in [5, 5.41) is 16.2. The van der Waals surface area contributed by atoms with Crippen molar-refractivity contribution in [2.45, 2.75) is 45.3 Å². The average Bonchev–Trinajstić information content (AvgIpc) is 3.73. The normalized spacial score (nSPS) is 14.4. The monoisotopic (exact) mass is 690 g/mol. The first kappa shape index (κ1) is 36.5. The molecule has 6 rings (SSSR count). The zero-order valence-corrected chi connectivity index (χ0v) is 28.3. The first-order valence-electron chi connectivity index (χ1n) is 15.4. The van der Waals surface area contributed by atoms with Crippen LogP contribution >= 0.6 is 12.4 Å². The summed E-state index contributed by atoms with van der Waals surface area (Å²) in [5.74, 6) is -2.16. The lowest BCUT2D eigenvalue weighted by Gasteiger charge is -2.31. The molecule has 2 aliphatic rings. The third-order valence-electron chi connectivity index (χ3n) is 8.43. The van der Waals surface area contributed by atoms with Crippen molar-refractivity contribution in [1.29, 1.82) is 0 Å². The highest BCUT2D eigenvalue weighted by Gasteiger charge is 2.29. The van der Waals surface area contributed by atoms with E-state index in [1.807, 2.05) is 17.9 Å². The number of nitrogens with two attached hydrogens (primary N) is 1. The summed E-state index contributed by atoms with van der Waals surface area (Å²) >= 11 is 0. The predicted octanol–water partition coefficient (Wildman–Crippen LogP) is 3.50. The number of carboxylic acids is 1. The molecule has 2 aromatic carbocycles. The largest absolute Gasteiger partial charge is 0.477 e. The van der Waals surface area contributed by atoms with Gasteiger partial charge in [0.25, 0.3) is 11.7 Å². The number of carbonyl (C=O) groups excluding carboxylic acids is 3. The van der Waals surface area contributed by atoms with Gasteiger partial charge in [-0.25, -0.2) is 19.4 Å². The second-order valence-corrected chi connectivity index (χ2v) is 11.7. The van der Waals surface area contributed by atoms with Crippen molar-refractivity contribution in [2.24, 2.45) is 5.73 Å². The number of halogens is 1. The highest BCUT2D eigenvalue weighted by molar-refractivity contribution is 5.96. The van der Waals surface area contributed by atoms with Gasteiger partial charge in [0, 0.05) is 39.8 Å². The fourth-order valence-electron chi connectivity index (χ4n) is 5.96. The number of amides is 3. The van der Waals surface area contributed by atoms with Crippen LogP contribution in [0.3, 0.4) is 0 Å². The number of aromatic carboxylic acids is 1. The summed E-state index contributed by atoms with van der Waals surface area (Å²) in [6.07, 6.45) is 4.97. The second-order valence-electron chi connectivity index (χ2n) is 11.7. The molecule has 0 radical (unpaired) electrons. The van der Waals surface area contributed by atoms with Gasteiger partial charge < -0.3 is 30.7 Å². The molecule has 49 heavy (non-hydrogen) atoms. The smallest absolute Gasteiger partial charge is 0.354 e. The zero-order chi connectivity index (χ0) is 34.5. The number of rotatable bonds is 7. The van der Waals surface area contributed by atoms with Crippen LogP contribution in [0.2, 0.25) is 0 Å². The molecule has 0 saturated carbocycles.